The van der Waals surface area contributed by atoms with Crippen LogP contribution in [0.15, 0.2) is 24.3 Å². The third-order valence-electron chi connectivity index (χ3n) is 2.68. The summed E-state index contributed by atoms with van der Waals surface area (Å²) in [4.78, 5) is 11.4. The fourth-order valence-corrected chi connectivity index (χ4v) is 2.77. The van der Waals surface area contributed by atoms with Crippen molar-refractivity contribution in [2.45, 2.75) is 45.5 Å². The number of carbonyl (C=O) groups is 1. The first-order valence-corrected chi connectivity index (χ1v) is 10.8. The smallest absolute Gasteiger partial charge is 0.311 e. The van der Waals surface area contributed by atoms with Crippen molar-refractivity contribution in [1.82, 2.24) is 0 Å². The lowest BCUT2D eigenvalue weighted by Gasteiger charge is -2.22. The summed E-state index contributed by atoms with van der Waals surface area (Å²) in [7, 11) is -1.68. The Morgan fingerprint density at radius 3 is 2.45 bits per heavy atom. The molecule has 120 valence electrons. The van der Waals surface area contributed by atoms with Crippen molar-refractivity contribution in [3.05, 3.63) is 24.3 Å². The van der Waals surface area contributed by atoms with E-state index in [-0.39, 0.29) is 12.1 Å². The maximum atomic E-state index is 11.4. The standard InChI is InChI=1S/C17H24O4Si/c1-6-14(21-22(3,4)5)12-13-19-15-10-8-9-11-16(15)20-17(18)7-2/h1,8-11,14H,7,12-13H2,2-5H3/t14-/m0/s1. The largest absolute Gasteiger partial charge is 0.490 e. The zero-order valence-electron chi connectivity index (χ0n) is 13.7. The van der Waals surface area contributed by atoms with Crippen molar-refractivity contribution in [2.24, 2.45) is 0 Å². The van der Waals surface area contributed by atoms with Gasteiger partial charge in [-0.3, -0.25) is 4.79 Å². The van der Waals surface area contributed by atoms with Crippen molar-refractivity contribution in [2.75, 3.05) is 6.61 Å². The van der Waals surface area contributed by atoms with E-state index in [2.05, 4.69) is 25.6 Å². The Labute approximate surface area is 133 Å². The average molecular weight is 320 g/mol. The van der Waals surface area contributed by atoms with Crippen molar-refractivity contribution < 1.29 is 18.7 Å². The Kier molecular flexibility index (Phi) is 7.16. The van der Waals surface area contributed by atoms with Crippen LogP contribution in [-0.2, 0) is 9.22 Å². The molecule has 0 saturated carbocycles. The fourth-order valence-electron chi connectivity index (χ4n) is 1.73. The molecule has 1 rings (SSSR count). The van der Waals surface area contributed by atoms with Crippen LogP contribution in [0.3, 0.4) is 0 Å². The van der Waals surface area contributed by atoms with Crippen molar-refractivity contribution in [1.29, 1.82) is 0 Å². The molecular formula is C17H24O4Si. The number of para-hydroxylation sites is 2. The summed E-state index contributed by atoms with van der Waals surface area (Å²) in [5.74, 6) is 3.32. The third-order valence-corrected chi connectivity index (χ3v) is 3.67. The highest BCUT2D eigenvalue weighted by molar-refractivity contribution is 6.69. The van der Waals surface area contributed by atoms with Gasteiger partial charge in [0.05, 0.1) is 6.61 Å². The lowest BCUT2D eigenvalue weighted by Crippen LogP contribution is -2.32. The Bertz CT molecular complexity index is 528. The van der Waals surface area contributed by atoms with Crippen LogP contribution in [0.1, 0.15) is 19.8 Å². The molecule has 1 aromatic carbocycles. The molecule has 1 atom stereocenters. The second kappa shape index (κ2) is 8.62. The van der Waals surface area contributed by atoms with Gasteiger partial charge < -0.3 is 13.9 Å². The summed E-state index contributed by atoms with van der Waals surface area (Å²) in [5.41, 5.74) is 0. The first-order valence-electron chi connectivity index (χ1n) is 7.42. The molecule has 0 amide bonds. The van der Waals surface area contributed by atoms with Crippen LogP contribution < -0.4 is 9.47 Å². The molecule has 0 aliphatic rings. The minimum absolute atomic E-state index is 0.253. The number of terminal acetylenes is 1. The number of esters is 1. The number of rotatable bonds is 8. The maximum Gasteiger partial charge on any atom is 0.311 e. The zero-order chi connectivity index (χ0) is 16.6. The summed E-state index contributed by atoms with van der Waals surface area (Å²) in [6.45, 7) is 8.43. The third kappa shape index (κ3) is 6.79. The van der Waals surface area contributed by atoms with Crippen LogP contribution >= 0.6 is 0 Å². The minimum atomic E-state index is -1.68. The van der Waals surface area contributed by atoms with Gasteiger partial charge in [-0.15, -0.1) is 6.42 Å². The summed E-state index contributed by atoms with van der Waals surface area (Å²) < 4.78 is 16.8. The monoisotopic (exact) mass is 320 g/mol. The molecule has 1 aromatic rings. The van der Waals surface area contributed by atoms with E-state index in [1.54, 1.807) is 25.1 Å². The van der Waals surface area contributed by atoms with Crippen LogP contribution in [0.25, 0.3) is 0 Å². The van der Waals surface area contributed by atoms with Gasteiger partial charge in [0.25, 0.3) is 0 Å². The Balaban J connectivity index is 2.58. The molecule has 0 bridgehead atoms. The topological polar surface area (TPSA) is 44.8 Å². The first kappa shape index (κ1) is 18.3. The van der Waals surface area contributed by atoms with Gasteiger partial charge in [-0.05, 0) is 31.8 Å². The van der Waals surface area contributed by atoms with E-state index in [1.807, 2.05) is 6.07 Å². The van der Waals surface area contributed by atoms with Gasteiger partial charge in [0.2, 0.25) is 0 Å². The van der Waals surface area contributed by atoms with Gasteiger partial charge in [-0.2, -0.15) is 0 Å². The predicted molar refractivity (Wildman–Crippen MR) is 89.5 cm³/mol. The van der Waals surface area contributed by atoms with Crippen molar-refractivity contribution in [3.63, 3.8) is 0 Å². The van der Waals surface area contributed by atoms with Crippen LogP contribution in [0, 0.1) is 12.3 Å². The molecule has 0 heterocycles. The quantitative estimate of drug-likeness (QED) is 0.317. The SMILES string of the molecule is C#C[C@@H](CCOc1ccccc1OC(=O)CC)O[Si](C)(C)C. The van der Waals surface area contributed by atoms with Crippen LogP contribution in [-0.4, -0.2) is 27.0 Å². The maximum absolute atomic E-state index is 11.4. The molecular weight excluding hydrogens is 296 g/mol. The van der Waals surface area contributed by atoms with Gasteiger partial charge in [-0.1, -0.05) is 25.0 Å². The predicted octanol–water partition coefficient (Wildman–Crippen LogP) is 3.62. The van der Waals surface area contributed by atoms with Gasteiger partial charge in [0, 0.05) is 12.8 Å². The van der Waals surface area contributed by atoms with E-state index >= 15 is 0 Å². The van der Waals surface area contributed by atoms with Gasteiger partial charge in [-0.25, -0.2) is 0 Å². The number of ether oxygens (including phenoxy) is 2. The summed E-state index contributed by atoms with van der Waals surface area (Å²) in [6.07, 6.45) is 6.15. The van der Waals surface area contributed by atoms with Gasteiger partial charge >= 0.3 is 5.97 Å². The number of benzene rings is 1. The number of carbonyl (C=O) groups excluding carboxylic acids is 1. The van der Waals surface area contributed by atoms with Crippen LogP contribution in [0.5, 0.6) is 11.5 Å². The Morgan fingerprint density at radius 2 is 1.91 bits per heavy atom. The highest BCUT2D eigenvalue weighted by atomic mass is 28.4. The molecule has 0 radical (unpaired) electrons. The van der Waals surface area contributed by atoms with Crippen LogP contribution in [0.4, 0.5) is 0 Å². The average Bonchev–Trinajstić information content (AvgIpc) is 2.46. The number of hydrogen-bond acceptors (Lipinski definition) is 4. The molecule has 0 aliphatic heterocycles. The van der Waals surface area contributed by atoms with Gasteiger partial charge in [0.15, 0.2) is 19.8 Å². The summed E-state index contributed by atoms with van der Waals surface area (Å²) >= 11 is 0. The second-order valence-electron chi connectivity index (χ2n) is 5.80. The molecule has 22 heavy (non-hydrogen) atoms. The highest BCUT2D eigenvalue weighted by Crippen LogP contribution is 2.27. The summed E-state index contributed by atoms with van der Waals surface area (Å²) in [6, 6.07) is 7.10. The van der Waals surface area contributed by atoms with Crippen molar-refractivity contribution in [3.8, 4) is 23.8 Å². The molecule has 0 saturated heterocycles. The normalized spacial score (nSPS) is 12.3. The van der Waals surface area contributed by atoms with E-state index in [0.29, 0.717) is 30.9 Å². The molecule has 0 aromatic heterocycles. The van der Waals surface area contributed by atoms with Gasteiger partial charge in [0.1, 0.15) is 6.10 Å². The number of hydrogen-bond donors (Lipinski definition) is 0. The van der Waals surface area contributed by atoms with E-state index in [1.165, 1.54) is 0 Å². The molecule has 0 N–H and O–H groups in total. The fraction of sp³-hybridized carbons (Fsp3) is 0.471. The summed E-state index contributed by atoms with van der Waals surface area (Å²) in [5, 5.41) is 0. The lowest BCUT2D eigenvalue weighted by molar-refractivity contribution is -0.134. The Morgan fingerprint density at radius 1 is 1.27 bits per heavy atom. The van der Waals surface area contributed by atoms with Crippen molar-refractivity contribution >= 4 is 14.3 Å². The molecule has 0 aliphatic carbocycles. The first-order chi connectivity index (χ1) is 10.4. The lowest BCUT2D eigenvalue weighted by atomic mass is 10.3. The molecule has 0 spiro atoms. The zero-order valence-corrected chi connectivity index (χ0v) is 14.7. The minimum Gasteiger partial charge on any atom is -0.490 e. The van der Waals surface area contributed by atoms with E-state index in [4.69, 9.17) is 20.3 Å². The second-order valence-corrected chi connectivity index (χ2v) is 10.3. The molecule has 0 fully saturated rings. The van der Waals surface area contributed by atoms with E-state index < -0.39 is 8.32 Å². The van der Waals surface area contributed by atoms with E-state index in [9.17, 15) is 4.79 Å². The highest BCUT2D eigenvalue weighted by Gasteiger charge is 2.19. The van der Waals surface area contributed by atoms with Crippen LogP contribution in [0.2, 0.25) is 19.6 Å². The molecule has 5 heteroatoms. The Hall–Kier alpha value is -1.77. The van der Waals surface area contributed by atoms with E-state index in [0.717, 1.165) is 0 Å². The molecule has 0 unspecified atom stereocenters. The molecule has 4 nitrogen and oxygen atoms in total.